The predicted molar refractivity (Wildman–Crippen MR) is 82.7 cm³/mol. The molecule has 0 aliphatic heterocycles. The average molecular weight is 336 g/mol. The van der Waals surface area contributed by atoms with Gasteiger partial charge in [-0.05, 0) is 60.0 Å². The molecule has 2 rings (SSSR count). The van der Waals surface area contributed by atoms with Gasteiger partial charge in [0.25, 0.3) is 5.91 Å². The van der Waals surface area contributed by atoms with Crippen LogP contribution in [-0.2, 0) is 0 Å². The van der Waals surface area contributed by atoms with Gasteiger partial charge in [-0.3, -0.25) is 4.79 Å². The highest BCUT2D eigenvalue weighted by molar-refractivity contribution is 9.10. The summed E-state index contributed by atoms with van der Waals surface area (Å²) in [6.45, 7) is 5.89. The number of anilines is 1. The molecule has 0 atom stereocenters. The molecule has 2 nitrogen and oxygen atoms in total. The Morgan fingerprint density at radius 1 is 1.15 bits per heavy atom. The minimum atomic E-state index is -0.449. The zero-order valence-electron chi connectivity index (χ0n) is 11.6. The molecule has 20 heavy (non-hydrogen) atoms. The highest BCUT2D eigenvalue weighted by Crippen LogP contribution is 2.25. The van der Waals surface area contributed by atoms with Gasteiger partial charge in [-0.2, -0.15) is 0 Å². The zero-order chi connectivity index (χ0) is 14.9. The van der Waals surface area contributed by atoms with Crippen molar-refractivity contribution >= 4 is 27.5 Å². The molecule has 0 radical (unpaired) electrons. The molecule has 0 aromatic heterocycles. The fourth-order valence-electron chi connectivity index (χ4n) is 2.24. The van der Waals surface area contributed by atoms with Crippen LogP contribution in [-0.4, -0.2) is 5.91 Å². The number of benzene rings is 2. The topological polar surface area (TPSA) is 29.1 Å². The van der Waals surface area contributed by atoms with Crippen molar-refractivity contribution < 1.29 is 9.18 Å². The van der Waals surface area contributed by atoms with Gasteiger partial charge < -0.3 is 5.32 Å². The number of hydrogen-bond donors (Lipinski definition) is 1. The van der Waals surface area contributed by atoms with E-state index in [4.69, 9.17) is 0 Å². The molecule has 0 aliphatic rings. The van der Waals surface area contributed by atoms with Gasteiger partial charge in [0.15, 0.2) is 0 Å². The number of nitrogens with one attached hydrogen (secondary N) is 1. The quantitative estimate of drug-likeness (QED) is 0.841. The molecule has 0 heterocycles. The van der Waals surface area contributed by atoms with E-state index in [-0.39, 0.29) is 15.9 Å². The minimum absolute atomic E-state index is 0.180. The third-order valence-electron chi connectivity index (χ3n) is 3.11. The van der Waals surface area contributed by atoms with Crippen molar-refractivity contribution in [3.05, 3.63) is 62.9 Å². The van der Waals surface area contributed by atoms with Crippen molar-refractivity contribution in [2.24, 2.45) is 0 Å². The SMILES string of the molecule is Cc1cc(C)c(NC(=O)c2cccc(F)c2Br)c(C)c1. The van der Waals surface area contributed by atoms with Gasteiger partial charge in [0.2, 0.25) is 0 Å². The van der Waals surface area contributed by atoms with Gasteiger partial charge in [0, 0.05) is 5.69 Å². The Kier molecular flexibility index (Phi) is 4.23. The van der Waals surface area contributed by atoms with Crippen molar-refractivity contribution in [2.75, 3.05) is 5.32 Å². The van der Waals surface area contributed by atoms with E-state index in [1.165, 1.54) is 12.1 Å². The molecule has 0 saturated carbocycles. The molecule has 0 saturated heterocycles. The number of rotatable bonds is 2. The summed E-state index contributed by atoms with van der Waals surface area (Å²) >= 11 is 3.11. The number of halogens is 2. The van der Waals surface area contributed by atoms with Crippen molar-refractivity contribution in [1.82, 2.24) is 0 Å². The number of aryl methyl sites for hydroxylation is 3. The second kappa shape index (κ2) is 5.75. The summed E-state index contributed by atoms with van der Waals surface area (Å²) in [6.07, 6.45) is 0. The molecule has 1 amide bonds. The standard InChI is InChI=1S/C16H15BrFNO/c1-9-7-10(2)15(11(3)8-9)19-16(20)12-5-4-6-13(18)14(12)17/h4-8H,1-3H3,(H,19,20). The van der Waals surface area contributed by atoms with Crippen LogP contribution in [0.15, 0.2) is 34.8 Å². The maximum Gasteiger partial charge on any atom is 0.256 e. The number of amides is 1. The van der Waals surface area contributed by atoms with Crippen molar-refractivity contribution in [3.63, 3.8) is 0 Å². The molecule has 4 heteroatoms. The molecule has 104 valence electrons. The molecule has 0 unspecified atom stereocenters. The summed E-state index contributed by atoms with van der Waals surface area (Å²) in [7, 11) is 0. The van der Waals surface area contributed by atoms with Crippen LogP contribution in [0.3, 0.4) is 0 Å². The van der Waals surface area contributed by atoms with Crippen molar-refractivity contribution in [2.45, 2.75) is 20.8 Å². The number of carbonyl (C=O) groups excluding carboxylic acids is 1. The summed E-state index contributed by atoms with van der Waals surface area (Å²) in [6, 6.07) is 8.42. The molecular formula is C16H15BrFNO. The van der Waals surface area contributed by atoms with E-state index >= 15 is 0 Å². The Bertz CT molecular complexity index is 659. The van der Waals surface area contributed by atoms with E-state index in [2.05, 4.69) is 21.2 Å². The molecule has 2 aromatic rings. The van der Waals surface area contributed by atoms with Gasteiger partial charge in [0.05, 0.1) is 10.0 Å². The van der Waals surface area contributed by atoms with Crippen molar-refractivity contribution in [1.29, 1.82) is 0 Å². The van der Waals surface area contributed by atoms with Crippen molar-refractivity contribution in [3.8, 4) is 0 Å². The van der Waals surface area contributed by atoms with E-state index in [0.717, 1.165) is 22.4 Å². The third-order valence-corrected chi connectivity index (χ3v) is 3.92. The summed E-state index contributed by atoms with van der Waals surface area (Å²) in [4.78, 5) is 12.3. The van der Waals surface area contributed by atoms with Crippen LogP contribution in [0.4, 0.5) is 10.1 Å². The Morgan fingerprint density at radius 3 is 2.35 bits per heavy atom. The average Bonchev–Trinajstić information content (AvgIpc) is 2.36. The van der Waals surface area contributed by atoms with Gasteiger partial charge in [-0.1, -0.05) is 23.8 Å². The van der Waals surface area contributed by atoms with Gasteiger partial charge >= 0.3 is 0 Å². The van der Waals surface area contributed by atoms with Gasteiger partial charge in [0.1, 0.15) is 5.82 Å². The Balaban J connectivity index is 2.36. The minimum Gasteiger partial charge on any atom is -0.321 e. The molecular weight excluding hydrogens is 321 g/mol. The fourth-order valence-corrected chi connectivity index (χ4v) is 2.68. The van der Waals surface area contributed by atoms with Crippen LogP contribution in [0, 0.1) is 26.6 Å². The van der Waals surface area contributed by atoms with Crippen LogP contribution >= 0.6 is 15.9 Å². The molecule has 0 aliphatic carbocycles. The van der Waals surface area contributed by atoms with E-state index in [1.54, 1.807) is 6.07 Å². The number of hydrogen-bond acceptors (Lipinski definition) is 1. The highest BCUT2D eigenvalue weighted by Gasteiger charge is 2.15. The Labute approximate surface area is 126 Å². The van der Waals surface area contributed by atoms with E-state index in [9.17, 15) is 9.18 Å². The predicted octanol–water partition coefficient (Wildman–Crippen LogP) is 4.77. The first-order valence-corrected chi connectivity index (χ1v) is 7.02. The lowest BCUT2D eigenvalue weighted by Gasteiger charge is -2.13. The molecule has 0 fully saturated rings. The van der Waals surface area contributed by atoms with Crippen LogP contribution in [0.5, 0.6) is 0 Å². The summed E-state index contributed by atoms with van der Waals surface area (Å²) in [5.41, 5.74) is 4.18. The number of carbonyl (C=O) groups is 1. The maximum atomic E-state index is 13.5. The Hall–Kier alpha value is -1.68. The monoisotopic (exact) mass is 335 g/mol. The fraction of sp³-hybridized carbons (Fsp3) is 0.188. The summed E-state index contributed by atoms with van der Waals surface area (Å²) in [5, 5.41) is 2.85. The van der Waals surface area contributed by atoms with Crippen LogP contribution in [0.1, 0.15) is 27.0 Å². The second-order valence-corrected chi connectivity index (χ2v) is 5.62. The largest absolute Gasteiger partial charge is 0.321 e. The van der Waals surface area contributed by atoms with Gasteiger partial charge in [-0.25, -0.2) is 4.39 Å². The highest BCUT2D eigenvalue weighted by atomic mass is 79.9. The van der Waals surface area contributed by atoms with E-state index < -0.39 is 5.82 Å². The molecule has 0 bridgehead atoms. The normalized spacial score (nSPS) is 10.4. The lowest BCUT2D eigenvalue weighted by Crippen LogP contribution is -2.15. The molecule has 2 aromatic carbocycles. The van der Waals surface area contributed by atoms with Crippen LogP contribution in [0.25, 0.3) is 0 Å². The smallest absolute Gasteiger partial charge is 0.256 e. The lowest BCUT2D eigenvalue weighted by molar-refractivity contribution is 0.102. The zero-order valence-corrected chi connectivity index (χ0v) is 13.1. The van der Waals surface area contributed by atoms with E-state index in [0.29, 0.717) is 0 Å². The lowest BCUT2D eigenvalue weighted by atomic mass is 10.0. The second-order valence-electron chi connectivity index (χ2n) is 4.83. The first-order chi connectivity index (χ1) is 9.40. The summed E-state index contributed by atoms with van der Waals surface area (Å²) < 4.78 is 13.6. The molecule has 1 N–H and O–H groups in total. The van der Waals surface area contributed by atoms with Gasteiger partial charge in [-0.15, -0.1) is 0 Å². The van der Waals surface area contributed by atoms with Crippen LogP contribution < -0.4 is 5.32 Å². The van der Waals surface area contributed by atoms with Crippen LogP contribution in [0.2, 0.25) is 0 Å². The summed E-state index contributed by atoms with van der Waals surface area (Å²) in [5.74, 6) is -0.776. The maximum absolute atomic E-state index is 13.5. The van der Waals surface area contributed by atoms with E-state index in [1.807, 2.05) is 32.9 Å². The Morgan fingerprint density at radius 2 is 1.75 bits per heavy atom. The first kappa shape index (κ1) is 14.7. The third kappa shape index (κ3) is 2.90. The first-order valence-electron chi connectivity index (χ1n) is 6.23. The molecule has 0 spiro atoms.